The summed E-state index contributed by atoms with van der Waals surface area (Å²) in [5.41, 5.74) is 18.8. The van der Waals surface area contributed by atoms with E-state index in [0.29, 0.717) is 0 Å². The van der Waals surface area contributed by atoms with Crippen LogP contribution >= 0.6 is 0 Å². The van der Waals surface area contributed by atoms with Crippen molar-refractivity contribution in [3.8, 4) is 33.4 Å². The number of para-hydroxylation sites is 1. The fourth-order valence-electron chi connectivity index (χ4n) is 8.74. The number of hydrogen-bond acceptors (Lipinski definition) is 1. The molecule has 0 saturated heterocycles. The van der Waals surface area contributed by atoms with Gasteiger partial charge >= 0.3 is 0 Å². The first-order valence-corrected chi connectivity index (χ1v) is 17.8. The van der Waals surface area contributed by atoms with Gasteiger partial charge in [0.2, 0.25) is 0 Å². The Morgan fingerprint density at radius 2 is 0.824 bits per heavy atom. The van der Waals surface area contributed by atoms with E-state index in [-0.39, 0.29) is 0 Å². The number of rotatable bonds is 6. The molecule has 1 nitrogen and oxygen atoms in total. The van der Waals surface area contributed by atoms with Crippen LogP contribution in [-0.4, -0.2) is 0 Å². The number of hydrogen-bond donors (Lipinski definition) is 0. The molecule has 2 aliphatic carbocycles. The lowest BCUT2D eigenvalue weighted by molar-refractivity contribution is 0.768. The zero-order chi connectivity index (χ0) is 33.8. The van der Waals surface area contributed by atoms with E-state index in [0.717, 1.165) is 23.5 Å². The fourth-order valence-corrected chi connectivity index (χ4v) is 8.74. The van der Waals surface area contributed by atoms with Crippen LogP contribution < -0.4 is 4.90 Å². The third-order valence-corrected chi connectivity index (χ3v) is 11.0. The van der Waals surface area contributed by atoms with Crippen LogP contribution in [0.4, 0.5) is 17.1 Å². The Hall–Kier alpha value is -6.44. The predicted molar refractivity (Wildman–Crippen MR) is 212 cm³/mol. The zero-order valence-corrected chi connectivity index (χ0v) is 28.2. The van der Waals surface area contributed by atoms with Crippen molar-refractivity contribution in [2.24, 2.45) is 0 Å². The summed E-state index contributed by atoms with van der Waals surface area (Å²) in [7, 11) is 0. The smallest absolute Gasteiger partial charge is 0.0713 e. The van der Waals surface area contributed by atoms with E-state index in [1.165, 1.54) is 66.8 Å². The van der Waals surface area contributed by atoms with Crippen LogP contribution in [0.15, 0.2) is 200 Å². The van der Waals surface area contributed by atoms with Crippen LogP contribution in [0.25, 0.3) is 33.4 Å². The molecule has 0 aliphatic heterocycles. The molecule has 1 heteroatoms. The Morgan fingerprint density at radius 3 is 1.49 bits per heavy atom. The third kappa shape index (κ3) is 4.62. The van der Waals surface area contributed by atoms with Crippen molar-refractivity contribution in [3.05, 3.63) is 234 Å². The molecule has 51 heavy (non-hydrogen) atoms. The number of fused-ring (bicyclic) bond motifs is 6. The van der Waals surface area contributed by atoms with Gasteiger partial charge in [-0.1, -0.05) is 164 Å². The lowest BCUT2D eigenvalue weighted by Crippen LogP contribution is -2.28. The van der Waals surface area contributed by atoms with Crippen molar-refractivity contribution in [2.75, 3.05) is 4.90 Å². The second-order valence-electron chi connectivity index (χ2n) is 13.7. The molecule has 0 N–H and O–H groups in total. The van der Waals surface area contributed by atoms with Crippen molar-refractivity contribution < 1.29 is 0 Å². The average molecular weight is 650 g/mol. The molecule has 0 spiro atoms. The van der Waals surface area contributed by atoms with Gasteiger partial charge in [0, 0.05) is 17.1 Å². The summed E-state index contributed by atoms with van der Waals surface area (Å²) < 4.78 is 0. The molecular weight excluding hydrogens is 615 g/mol. The van der Waals surface area contributed by atoms with Crippen molar-refractivity contribution in [1.82, 2.24) is 0 Å². The van der Waals surface area contributed by atoms with Crippen LogP contribution in [0.3, 0.4) is 0 Å². The summed E-state index contributed by atoms with van der Waals surface area (Å²) >= 11 is 0. The molecule has 0 saturated carbocycles. The first-order chi connectivity index (χ1) is 25.3. The van der Waals surface area contributed by atoms with Crippen molar-refractivity contribution in [3.63, 3.8) is 0 Å². The lowest BCUT2D eigenvalue weighted by atomic mass is 9.68. The number of nitrogens with zero attached hydrogens (tertiary/aromatic N) is 1. The highest BCUT2D eigenvalue weighted by atomic mass is 15.1. The molecule has 0 radical (unpaired) electrons. The normalized spacial score (nSPS) is 13.2. The molecule has 10 rings (SSSR count). The number of anilines is 3. The van der Waals surface area contributed by atoms with Gasteiger partial charge in [-0.3, -0.25) is 0 Å². The topological polar surface area (TPSA) is 3.24 Å². The van der Waals surface area contributed by atoms with Crippen LogP contribution in [0, 0.1) is 0 Å². The van der Waals surface area contributed by atoms with Crippen molar-refractivity contribution >= 4 is 17.1 Å². The van der Waals surface area contributed by atoms with E-state index >= 15 is 0 Å². The Labute approximate surface area is 299 Å². The lowest BCUT2D eigenvalue weighted by Gasteiger charge is -2.34. The maximum Gasteiger partial charge on any atom is 0.0713 e. The highest BCUT2D eigenvalue weighted by molar-refractivity contribution is 5.88. The summed E-state index contributed by atoms with van der Waals surface area (Å²) in [6, 6.07) is 73.6. The van der Waals surface area contributed by atoms with E-state index in [1.54, 1.807) is 0 Å². The standard InChI is InChI=1S/C50H35N/c1-4-14-35(15-5-1)36-24-30-44-37(32-36)33-38-34-43(29-31-45(38)44)51(41-18-8-3-9-19-41)42-27-25-40(26-28-42)50(39-16-6-2-7-17-39)48-22-12-10-20-46(48)47-21-11-13-23-49(47)50/h1-32,34H,33H2. The van der Waals surface area contributed by atoms with Crippen LogP contribution in [0.1, 0.15) is 33.4 Å². The number of benzene rings is 8. The summed E-state index contributed by atoms with van der Waals surface area (Å²) in [4.78, 5) is 2.40. The van der Waals surface area contributed by atoms with Gasteiger partial charge in [-0.2, -0.15) is 0 Å². The van der Waals surface area contributed by atoms with E-state index < -0.39 is 5.41 Å². The fraction of sp³-hybridized carbons (Fsp3) is 0.0400. The van der Waals surface area contributed by atoms with Crippen molar-refractivity contribution in [1.29, 1.82) is 0 Å². The highest BCUT2D eigenvalue weighted by Gasteiger charge is 2.45. The molecule has 2 aliphatic rings. The van der Waals surface area contributed by atoms with E-state index in [9.17, 15) is 0 Å². The average Bonchev–Trinajstić information content (AvgIpc) is 3.72. The maximum absolute atomic E-state index is 2.40. The molecular formula is C50H35N. The Bertz CT molecular complexity index is 2490. The van der Waals surface area contributed by atoms with Gasteiger partial charge in [-0.25, -0.2) is 0 Å². The summed E-state index contributed by atoms with van der Waals surface area (Å²) in [6.45, 7) is 0. The first kappa shape index (κ1) is 29.5. The SMILES string of the molecule is c1ccc(-c2ccc3c(c2)Cc2cc(N(c4ccccc4)c4ccc(C5(c6ccccc6)c6ccccc6-c6ccccc65)cc4)ccc2-3)cc1. The van der Waals surface area contributed by atoms with E-state index in [1.807, 2.05) is 0 Å². The largest absolute Gasteiger partial charge is 0.310 e. The monoisotopic (exact) mass is 649 g/mol. The van der Waals surface area contributed by atoms with Crippen LogP contribution in [0.5, 0.6) is 0 Å². The van der Waals surface area contributed by atoms with Crippen LogP contribution in [0.2, 0.25) is 0 Å². The van der Waals surface area contributed by atoms with Gasteiger partial charge in [-0.05, 0) is 110 Å². The second-order valence-corrected chi connectivity index (χ2v) is 13.7. The molecule has 0 aromatic heterocycles. The molecule has 8 aromatic carbocycles. The molecule has 0 atom stereocenters. The third-order valence-electron chi connectivity index (χ3n) is 11.0. The minimum Gasteiger partial charge on any atom is -0.310 e. The van der Waals surface area contributed by atoms with Gasteiger partial charge in [-0.15, -0.1) is 0 Å². The van der Waals surface area contributed by atoms with Gasteiger partial charge < -0.3 is 4.90 Å². The summed E-state index contributed by atoms with van der Waals surface area (Å²) in [6.07, 6.45) is 0.930. The minimum absolute atomic E-state index is 0.414. The molecule has 0 amide bonds. The zero-order valence-electron chi connectivity index (χ0n) is 28.2. The molecule has 0 bridgehead atoms. The minimum atomic E-state index is -0.414. The van der Waals surface area contributed by atoms with E-state index in [4.69, 9.17) is 0 Å². The molecule has 8 aromatic rings. The molecule has 0 unspecified atom stereocenters. The van der Waals surface area contributed by atoms with Gasteiger partial charge in [0.15, 0.2) is 0 Å². The van der Waals surface area contributed by atoms with Crippen LogP contribution in [-0.2, 0) is 11.8 Å². The summed E-state index contributed by atoms with van der Waals surface area (Å²) in [5, 5.41) is 0. The molecule has 0 fully saturated rings. The Morgan fingerprint density at radius 1 is 0.333 bits per heavy atom. The maximum atomic E-state index is 2.40. The second kappa shape index (κ2) is 11.9. The van der Waals surface area contributed by atoms with E-state index in [2.05, 4.69) is 205 Å². The van der Waals surface area contributed by atoms with Crippen molar-refractivity contribution in [2.45, 2.75) is 11.8 Å². The Kier molecular flexibility index (Phi) is 6.85. The quantitative estimate of drug-likeness (QED) is 0.173. The van der Waals surface area contributed by atoms with Gasteiger partial charge in [0.25, 0.3) is 0 Å². The van der Waals surface area contributed by atoms with Gasteiger partial charge in [0.1, 0.15) is 0 Å². The summed E-state index contributed by atoms with van der Waals surface area (Å²) in [5.74, 6) is 0. The first-order valence-electron chi connectivity index (χ1n) is 17.8. The predicted octanol–water partition coefficient (Wildman–Crippen LogP) is 12.8. The highest BCUT2D eigenvalue weighted by Crippen LogP contribution is 2.56. The Balaban J connectivity index is 1.08. The molecule has 240 valence electrons. The molecule has 0 heterocycles. The van der Waals surface area contributed by atoms with Gasteiger partial charge in [0.05, 0.1) is 5.41 Å².